The summed E-state index contributed by atoms with van der Waals surface area (Å²) in [5.41, 5.74) is 9.67. The Morgan fingerprint density at radius 1 is 1.22 bits per heavy atom. The molecule has 11 heteroatoms. The Morgan fingerprint density at radius 3 is 2.70 bits per heavy atom. The molecule has 4 heterocycles. The van der Waals surface area contributed by atoms with Crippen LogP contribution in [0.2, 0.25) is 5.02 Å². The van der Waals surface area contributed by atoms with E-state index < -0.39 is 12.0 Å². The second-order valence-corrected chi connectivity index (χ2v) is 10.7. The van der Waals surface area contributed by atoms with Gasteiger partial charge in [-0.25, -0.2) is 4.98 Å². The van der Waals surface area contributed by atoms with Crippen LogP contribution in [0, 0.1) is 0 Å². The maximum absolute atomic E-state index is 12.3. The molecule has 1 unspecified atom stereocenters. The Labute approximate surface area is 224 Å². The Morgan fingerprint density at radius 2 is 2.00 bits per heavy atom. The number of amides is 1. The van der Waals surface area contributed by atoms with E-state index in [2.05, 4.69) is 26.8 Å². The fraction of sp³-hybridized carbons (Fsp3) is 0.346. The number of nitrogens with two attached hydrogens (primary N) is 1. The normalized spacial score (nSPS) is 15.8. The van der Waals surface area contributed by atoms with Gasteiger partial charge in [-0.05, 0) is 25.6 Å². The van der Waals surface area contributed by atoms with Gasteiger partial charge in [0.2, 0.25) is 0 Å². The van der Waals surface area contributed by atoms with Gasteiger partial charge in [0.05, 0.1) is 35.3 Å². The van der Waals surface area contributed by atoms with E-state index in [0.29, 0.717) is 21.2 Å². The average molecular weight is 541 g/mol. The summed E-state index contributed by atoms with van der Waals surface area (Å²) in [5, 5.41) is 9.83. The molecule has 1 aromatic carbocycles. The van der Waals surface area contributed by atoms with Gasteiger partial charge in [0.25, 0.3) is 5.91 Å². The molecule has 0 spiro atoms. The van der Waals surface area contributed by atoms with Crippen molar-refractivity contribution in [2.75, 3.05) is 33.2 Å². The summed E-state index contributed by atoms with van der Waals surface area (Å²) in [6.45, 7) is 6.62. The first kappa shape index (κ1) is 25.6. The van der Waals surface area contributed by atoms with Crippen molar-refractivity contribution in [1.82, 2.24) is 24.2 Å². The first-order valence-electron chi connectivity index (χ1n) is 12.0. The number of benzene rings is 1. The molecule has 1 saturated heterocycles. The van der Waals surface area contributed by atoms with E-state index in [1.165, 1.54) is 11.3 Å². The molecule has 3 N–H and O–H groups in total. The van der Waals surface area contributed by atoms with Gasteiger partial charge < -0.3 is 20.5 Å². The van der Waals surface area contributed by atoms with Gasteiger partial charge in [0, 0.05) is 55.6 Å². The standard InChI is InChI=1S/C26H29ClN6O3S/c1-16(19-4-3-17(15-34)9-20(19)27)36-22-10-23(37-25(22)26(28)35)21-11-30-24-12-29-18(14-33(21)24)13-32-7-5-31(2)6-8-32/h3-4,9-12,14,16,34H,5-8,13,15H2,1-2H3,(H2,28,35). The fourth-order valence-electron chi connectivity index (χ4n) is 4.44. The zero-order valence-corrected chi connectivity index (χ0v) is 22.3. The Balaban J connectivity index is 1.42. The average Bonchev–Trinajstić information content (AvgIpc) is 3.49. The van der Waals surface area contributed by atoms with Crippen molar-refractivity contribution in [3.8, 4) is 16.3 Å². The first-order chi connectivity index (χ1) is 17.8. The molecule has 0 aliphatic carbocycles. The van der Waals surface area contributed by atoms with Crippen molar-refractivity contribution in [2.45, 2.75) is 26.2 Å². The highest BCUT2D eigenvalue weighted by Gasteiger charge is 2.22. The molecule has 1 aliphatic heterocycles. The minimum atomic E-state index is -0.564. The van der Waals surface area contributed by atoms with Crippen LogP contribution in [0.1, 0.15) is 39.5 Å². The van der Waals surface area contributed by atoms with Gasteiger partial charge in [0.15, 0.2) is 5.65 Å². The number of rotatable bonds is 8. The highest BCUT2D eigenvalue weighted by Crippen LogP contribution is 2.39. The van der Waals surface area contributed by atoms with Crippen LogP contribution < -0.4 is 10.5 Å². The molecular formula is C26H29ClN6O3S. The van der Waals surface area contributed by atoms with E-state index in [1.807, 2.05) is 29.7 Å². The molecule has 0 bridgehead atoms. The Hall–Kier alpha value is -3.02. The SMILES string of the molecule is CC(Oc1cc(-c2cnc3cnc(CN4CCN(C)CC4)cn23)sc1C(N)=O)c1ccc(CO)cc1Cl. The number of aliphatic hydroxyl groups is 1. The van der Waals surface area contributed by atoms with Crippen molar-refractivity contribution in [1.29, 1.82) is 0 Å². The van der Waals surface area contributed by atoms with Crippen LogP contribution >= 0.6 is 22.9 Å². The predicted octanol–water partition coefficient (Wildman–Crippen LogP) is 3.59. The van der Waals surface area contributed by atoms with Gasteiger partial charge in [-0.3, -0.25) is 19.1 Å². The van der Waals surface area contributed by atoms with Gasteiger partial charge in [0.1, 0.15) is 16.7 Å². The van der Waals surface area contributed by atoms with Crippen LogP contribution in [-0.2, 0) is 13.2 Å². The van der Waals surface area contributed by atoms with Crippen LogP contribution in [0.4, 0.5) is 0 Å². The van der Waals surface area contributed by atoms with Crippen LogP contribution in [-0.4, -0.2) is 68.4 Å². The lowest BCUT2D eigenvalue weighted by Gasteiger charge is -2.32. The Bertz CT molecular complexity index is 1430. The summed E-state index contributed by atoms with van der Waals surface area (Å²) in [4.78, 5) is 27.3. The number of nitrogens with zero attached hydrogens (tertiary/aromatic N) is 5. The van der Waals surface area contributed by atoms with Crippen LogP contribution in [0.5, 0.6) is 5.75 Å². The quantitative estimate of drug-likeness (QED) is 0.351. The number of carbonyl (C=O) groups is 1. The number of thiophene rings is 1. The first-order valence-corrected chi connectivity index (χ1v) is 13.2. The number of likely N-dealkylation sites (N-methyl/N-ethyl adjacent to an activating group) is 1. The largest absolute Gasteiger partial charge is 0.484 e. The monoisotopic (exact) mass is 540 g/mol. The van der Waals surface area contributed by atoms with Crippen LogP contribution in [0.25, 0.3) is 16.2 Å². The van der Waals surface area contributed by atoms with Crippen molar-refractivity contribution in [3.63, 3.8) is 0 Å². The summed E-state index contributed by atoms with van der Waals surface area (Å²) < 4.78 is 8.17. The molecular weight excluding hydrogens is 512 g/mol. The summed E-state index contributed by atoms with van der Waals surface area (Å²) in [7, 11) is 2.14. The lowest BCUT2D eigenvalue weighted by molar-refractivity contribution is 0.0998. The fourth-order valence-corrected chi connectivity index (χ4v) is 5.75. The highest BCUT2D eigenvalue weighted by atomic mass is 35.5. The lowest BCUT2D eigenvalue weighted by Crippen LogP contribution is -2.44. The lowest BCUT2D eigenvalue weighted by atomic mass is 10.1. The van der Waals surface area contributed by atoms with E-state index in [9.17, 15) is 9.90 Å². The third-order valence-corrected chi connectivity index (χ3v) is 8.08. The van der Waals surface area contributed by atoms with Crippen LogP contribution in [0.3, 0.4) is 0 Å². The number of aromatic nitrogens is 3. The van der Waals surface area contributed by atoms with Gasteiger partial charge in [-0.15, -0.1) is 11.3 Å². The number of hydrogen-bond acceptors (Lipinski definition) is 8. The van der Waals surface area contributed by atoms with Gasteiger partial charge in [-0.2, -0.15) is 0 Å². The molecule has 5 rings (SSSR count). The number of primary amides is 1. The topological polar surface area (TPSA) is 109 Å². The molecule has 1 fully saturated rings. The molecule has 0 radical (unpaired) electrons. The van der Waals surface area contributed by atoms with Crippen molar-refractivity contribution < 1.29 is 14.6 Å². The third kappa shape index (κ3) is 5.48. The molecule has 194 valence electrons. The molecule has 1 aliphatic rings. The van der Waals surface area contributed by atoms with E-state index in [-0.39, 0.29) is 6.61 Å². The Kier molecular flexibility index (Phi) is 7.45. The van der Waals surface area contributed by atoms with Crippen molar-refractivity contribution in [2.24, 2.45) is 5.73 Å². The number of piperazine rings is 1. The van der Waals surface area contributed by atoms with Gasteiger partial charge >= 0.3 is 0 Å². The minimum absolute atomic E-state index is 0.0964. The van der Waals surface area contributed by atoms with E-state index >= 15 is 0 Å². The zero-order chi connectivity index (χ0) is 26.1. The van der Waals surface area contributed by atoms with E-state index in [4.69, 9.17) is 22.1 Å². The molecule has 1 amide bonds. The van der Waals surface area contributed by atoms with E-state index in [0.717, 1.165) is 60.2 Å². The number of ether oxygens (including phenoxy) is 1. The minimum Gasteiger partial charge on any atom is -0.484 e. The second-order valence-electron chi connectivity index (χ2n) is 9.27. The number of halogens is 1. The number of carbonyl (C=O) groups excluding carboxylic acids is 1. The molecule has 9 nitrogen and oxygen atoms in total. The molecule has 4 aromatic rings. The summed E-state index contributed by atoms with van der Waals surface area (Å²) >= 11 is 7.68. The molecule has 1 atom stereocenters. The zero-order valence-electron chi connectivity index (χ0n) is 20.7. The van der Waals surface area contributed by atoms with Crippen LogP contribution in [0.15, 0.2) is 42.9 Å². The molecule has 3 aromatic heterocycles. The van der Waals surface area contributed by atoms with Gasteiger partial charge in [-0.1, -0.05) is 23.7 Å². The maximum Gasteiger partial charge on any atom is 0.262 e. The number of imidazole rings is 1. The smallest absolute Gasteiger partial charge is 0.262 e. The molecule has 0 saturated carbocycles. The van der Waals surface area contributed by atoms with E-state index in [1.54, 1.807) is 24.5 Å². The van der Waals surface area contributed by atoms with Crippen molar-refractivity contribution >= 4 is 34.5 Å². The maximum atomic E-state index is 12.3. The molecule has 37 heavy (non-hydrogen) atoms. The summed E-state index contributed by atoms with van der Waals surface area (Å²) in [6.07, 6.45) is 5.10. The second kappa shape index (κ2) is 10.8. The van der Waals surface area contributed by atoms with Crippen molar-refractivity contribution in [3.05, 3.63) is 69.6 Å². The number of aliphatic hydroxyl groups excluding tert-OH is 1. The highest BCUT2D eigenvalue weighted by molar-refractivity contribution is 7.17. The number of fused-ring (bicyclic) bond motifs is 1. The summed E-state index contributed by atoms with van der Waals surface area (Å²) in [6, 6.07) is 7.13. The number of hydrogen-bond donors (Lipinski definition) is 2. The third-order valence-electron chi connectivity index (χ3n) is 6.59. The predicted molar refractivity (Wildman–Crippen MR) is 144 cm³/mol. The summed E-state index contributed by atoms with van der Waals surface area (Å²) in [5.74, 6) is -0.171.